The zero-order valence-electron chi connectivity index (χ0n) is 15.1. The Balaban J connectivity index is 1.83. The third kappa shape index (κ3) is 4.74. The van der Waals surface area contributed by atoms with Gasteiger partial charge in [-0.2, -0.15) is 0 Å². The van der Waals surface area contributed by atoms with Crippen molar-refractivity contribution in [1.82, 2.24) is 0 Å². The van der Waals surface area contributed by atoms with Crippen LogP contribution in [-0.2, 0) is 4.79 Å². The van der Waals surface area contributed by atoms with Crippen LogP contribution in [-0.4, -0.2) is 11.7 Å². The average Bonchev–Trinajstić information content (AvgIpc) is 2.57. The highest BCUT2D eigenvalue weighted by Crippen LogP contribution is 2.35. The zero-order chi connectivity index (χ0) is 19.6. The predicted octanol–water partition coefficient (Wildman–Crippen LogP) is 5.42. The zero-order valence-corrected chi connectivity index (χ0v) is 15.9. The van der Waals surface area contributed by atoms with Crippen molar-refractivity contribution in [3.63, 3.8) is 0 Å². The van der Waals surface area contributed by atoms with Gasteiger partial charge >= 0.3 is 0 Å². The van der Waals surface area contributed by atoms with E-state index >= 15 is 0 Å². The molecule has 6 heteroatoms. The minimum Gasteiger partial charge on any atom is -0.357 e. The van der Waals surface area contributed by atoms with Gasteiger partial charge in [0.05, 0.1) is 16.9 Å². The molecule has 1 aliphatic rings. The maximum atomic E-state index is 13.9. The van der Waals surface area contributed by atoms with Gasteiger partial charge in [0.25, 0.3) is 5.91 Å². The lowest BCUT2D eigenvalue weighted by Gasteiger charge is -2.29. The summed E-state index contributed by atoms with van der Waals surface area (Å²) in [7, 11) is 0. The van der Waals surface area contributed by atoms with Crippen molar-refractivity contribution in [1.29, 1.82) is 0 Å². The van der Waals surface area contributed by atoms with Crippen molar-refractivity contribution < 1.29 is 14.0 Å². The normalized spacial score (nSPS) is 15.9. The molecule has 1 amide bonds. The summed E-state index contributed by atoms with van der Waals surface area (Å²) >= 11 is 5.87. The number of hydrogen-bond donors (Lipinski definition) is 2. The van der Waals surface area contributed by atoms with Crippen LogP contribution in [0.25, 0.3) is 0 Å². The number of nitrogens with one attached hydrogen (secondary N) is 2. The first-order valence-corrected chi connectivity index (χ1v) is 8.97. The third-order valence-corrected chi connectivity index (χ3v) is 4.54. The maximum absolute atomic E-state index is 13.9. The number of rotatable bonds is 4. The minimum absolute atomic E-state index is 0.0660. The van der Waals surface area contributed by atoms with Crippen molar-refractivity contribution in [3.8, 4) is 0 Å². The molecular weight excluding hydrogens is 367 g/mol. The van der Waals surface area contributed by atoms with Gasteiger partial charge in [-0.3, -0.25) is 9.59 Å². The van der Waals surface area contributed by atoms with Gasteiger partial charge in [0.15, 0.2) is 5.78 Å². The summed E-state index contributed by atoms with van der Waals surface area (Å²) in [6.07, 6.45) is 2.81. The van der Waals surface area contributed by atoms with E-state index in [1.165, 1.54) is 12.1 Å². The van der Waals surface area contributed by atoms with Crippen LogP contribution in [0.1, 0.15) is 37.0 Å². The molecule has 0 fully saturated rings. The number of allylic oxidation sites excluding steroid dienone is 2. The van der Waals surface area contributed by atoms with E-state index in [1.807, 2.05) is 19.9 Å². The Morgan fingerprint density at radius 3 is 2.52 bits per heavy atom. The molecule has 0 bridgehead atoms. The van der Waals surface area contributed by atoms with Crippen LogP contribution in [0.15, 0.2) is 54.2 Å². The summed E-state index contributed by atoms with van der Waals surface area (Å²) in [5, 5.41) is 6.21. The highest BCUT2D eigenvalue weighted by atomic mass is 35.5. The van der Waals surface area contributed by atoms with E-state index in [2.05, 4.69) is 10.6 Å². The maximum Gasteiger partial charge on any atom is 0.258 e. The second-order valence-electron chi connectivity index (χ2n) is 7.40. The second-order valence-corrected chi connectivity index (χ2v) is 7.84. The van der Waals surface area contributed by atoms with E-state index in [1.54, 1.807) is 24.3 Å². The fraction of sp³-hybridized carbons (Fsp3) is 0.238. The largest absolute Gasteiger partial charge is 0.357 e. The van der Waals surface area contributed by atoms with E-state index < -0.39 is 11.7 Å². The monoisotopic (exact) mass is 386 g/mol. The van der Waals surface area contributed by atoms with Crippen LogP contribution in [0.2, 0.25) is 5.02 Å². The Morgan fingerprint density at radius 1 is 1.11 bits per heavy atom. The minimum atomic E-state index is -0.648. The first-order chi connectivity index (χ1) is 12.7. The van der Waals surface area contributed by atoms with E-state index in [0.717, 1.165) is 11.8 Å². The lowest BCUT2D eigenvalue weighted by Crippen LogP contribution is -2.24. The number of benzene rings is 2. The molecule has 0 unspecified atom stereocenters. The fourth-order valence-corrected chi connectivity index (χ4v) is 3.33. The number of ketones is 1. The molecule has 0 heterocycles. The van der Waals surface area contributed by atoms with Crippen molar-refractivity contribution >= 4 is 34.7 Å². The second kappa shape index (κ2) is 7.53. The Bertz CT molecular complexity index is 938. The number of para-hydroxylation sites is 2. The van der Waals surface area contributed by atoms with Gasteiger partial charge in [-0.1, -0.05) is 37.6 Å². The van der Waals surface area contributed by atoms with Gasteiger partial charge in [-0.05, 0) is 42.2 Å². The summed E-state index contributed by atoms with van der Waals surface area (Å²) in [6.45, 7) is 4.07. The molecule has 0 aliphatic heterocycles. The molecule has 140 valence electrons. The van der Waals surface area contributed by atoms with Crippen molar-refractivity contribution in [2.75, 3.05) is 10.6 Å². The first kappa shape index (κ1) is 19.1. The SMILES string of the molecule is CC1(C)CC(=O)C=C(Nc2ccccc2NC(=O)c2cc(Cl)ccc2F)C1. The molecular formula is C21H20ClFN2O2. The molecule has 1 aliphatic carbocycles. The summed E-state index contributed by atoms with van der Waals surface area (Å²) in [6, 6.07) is 10.9. The average molecular weight is 387 g/mol. The van der Waals surface area contributed by atoms with Gasteiger partial charge in [0.1, 0.15) is 5.82 Å². The van der Waals surface area contributed by atoms with Crippen LogP contribution in [0, 0.1) is 11.2 Å². The molecule has 0 atom stereocenters. The molecule has 3 rings (SSSR count). The van der Waals surface area contributed by atoms with E-state index in [0.29, 0.717) is 24.2 Å². The van der Waals surface area contributed by atoms with Gasteiger partial charge < -0.3 is 10.6 Å². The van der Waals surface area contributed by atoms with Crippen molar-refractivity contribution in [3.05, 3.63) is 70.6 Å². The fourth-order valence-electron chi connectivity index (χ4n) is 3.16. The highest BCUT2D eigenvalue weighted by Gasteiger charge is 2.27. The molecule has 27 heavy (non-hydrogen) atoms. The molecule has 0 aromatic heterocycles. The van der Waals surface area contributed by atoms with E-state index in [9.17, 15) is 14.0 Å². The first-order valence-electron chi connectivity index (χ1n) is 8.59. The highest BCUT2D eigenvalue weighted by molar-refractivity contribution is 6.31. The number of hydrogen-bond acceptors (Lipinski definition) is 3. The molecule has 0 saturated heterocycles. The number of amides is 1. The Hall–Kier alpha value is -2.66. The number of anilines is 2. The Labute approximate surface area is 162 Å². The van der Waals surface area contributed by atoms with Crippen molar-refractivity contribution in [2.24, 2.45) is 5.41 Å². The summed E-state index contributed by atoms with van der Waals surface area (Å²) in [4.78, 5) is 24.4. The van der Waals surface area contributed by atoms with Crippen LogP contribution in [0.3, 0.4) is 0 Å². The summed E-state index contributed by atoms with van der Waals surface area (Å²) in [5.41, 5.74) is 1.64. The van der Waals surface area contributed by atoms with Gasteiger partial charge in [0, 0.05) is 23.2 Å². The Kier molecular flexibility index (Phi) is 5.33. The number of carbonyl (C=O) groups is 2. The van der Waals surface area contributed by atoms with Crippen LogP contribution in [0.5, 0.6) is 0 Å². The van der Waals surface area contributed by atoms with Crippen LogP contribution in [0.4, 0.5) is 15.8 Å². The smallest absolute Gasteiger partial charge is 0.258 e. The standard InChI is InChI=1S/C21H20ClFN2O2/c1-21(2)11-14(10-15(26)12-21)24-18-5-3-4-6-19(18)25-20(27)16-9-13(22)7-8-17(16)23/h3-10,24H,11-12H2,1-2H3,(H,25,27). The molecule has 0 saturated carbocycles. The van der Waals surface area contributed by atoms with E-state index in [4.69, 9.17) is 11.6 Å². The quantitative estimate of drug-likeness (QED) is 0.737. The molecule has 4 nitrogen and oxygen atoms in total. The number of carbonyl (C=O) groups excluding carboxylic acids is 2. The predicted molar refractivity (Wildman–Crippen MR) is 106 cm³/mol. The number of halogens is 2. The molecule has 2 aromatic rings. The summed E-state index contributed by atoms with van der Waals surface area (Å²) < 4.78 is 13.9. The topological polar surface area (TPSA) is 58.2 Å². The lowest BCUT2D eigenvalue weighted by atomic mass is 9.79. The van der Waals surface area contributed by atoms with Crippen LogP contribution >= 0.6 is 11.6 Å². The van der Waals surface area contributed by atoms with Gasteiger partial charge in [0.2, 0.25) is 0 Å². The van der Waals surface area contributed by atoms with Crippen molar-refractivity contribution in [2.45, 2.75) is 26.7 Å². The van der Waals surface area contributed by atoms with Gasteiger partial charge in [-0.25, -0.2) is 4.39 Å². The molecule has 2 aromatic carbocycles. The van der Waals surface area contributed by atoms with E-state index in [-0.39, 0.29) is 21.8 Å². The third-order valence-electron chi connectivity index (χ3n) is 4.30. The van der Waals surface area contributed by atoms with Gasteiger partial charge in [-0.15, -0.1) is 0 Å². The Morgan fingerprint density at radius 2 is 1.81 bits per heavy atom. The lowest BCUT2D eigenvalue weighted by molar-refractivity contribution is -0.117. The summed E-state index contributed by atoms with van der Waals surface area (Å²) in [5.74, 6) is -1.18. The molecule has 0 spiro atoms. The van der Waals surface area contributed by atoms with Crippen LogP contribution < -0.4 is 10.6 Å². The molecule has 0 radical (unpaired) electrons. The molecule has 2 N–H and O–H groups in total.